The van der Waals surface area contributed by atoms with Gasteiger partial charge in [-0.2, -0.15) is 0 Å². The third-order valence-electron chi connectivity index (χ3n) is 4.31. The van der Waals surface area contributed by atoms with Gasteiger partial charge in [0.05, 0.1) is 15.8 Å². The maximum absolute atomic E-state index is 11.6. The van der Waals surface area contributed by atoms with Crippen molar-refractivity contribution >= 4 is 33.2 Å². The average molecular weight is 365 g/mol. The molecule has 1 atom stereocenters. The number of nitrogens with one attached hydrogen (secondary N) is 2. The minimum absolute atomic E-state index is 0.102. The van der Waals surface area contributed by atoms with Crippen LogP contribution in [-0.4, -0.2) is 33.8 Å². The summed E-state index contributed by atoms with van der Waals surface area (Å²) in [5.41, 5.74) is 1.01. The van der Waals surface area contributed by atoms with Gasteiger partial charge >= 0.3 is 0 Å². The number of sulfonamides is 1. The molecule has 124 valence electrons. The molecule has 0 amide bonds. The predicted molar refractivity (Wildman–Crippen MR) is 92.3 cm³/mol. The van der Waals surface area contributed by atoms with Gasteiger partial charge in [0, 0.05) is 18.5 Å². The second kappa shape index (κ2) is 7.49. The molecule has 1 saturated heterocycles. The van der Waals surface area contributed by atoms with Crippen LogP contribution in [0.5, 0.6) is 0 Å². The molecule has 2 rings (SSSR count). The Morgan fingerprint density at radius 1 is 1.32 bits per heavy atom. The van der Waals surface area contributed by atoms with E-state index in [1.807, 2.05) is 18.2 Å². The zero-order chi connectivity index (χ0) is 16.2. The summed E-state index contributed by atoms with van der Waals surface area (Å²) < 4.78 is 25.9. The van der Waals surface area contributed by atoms with E-state index in [1.165, 1.54) is 0 Å². The van der Waals surface area contributed by atoms with Gasteiger partial charge in [-0.1, -0.05) is 29.3 Å². The van der Waals surface area contributed by atoms with E-state index < -0.39 is 10.0 Å². The first-order valence-electron chi connectivity index (χ1n) is 7.52. The lowest BCUT2D eigenvalue weighted by atomic mass is 9.72. The molecule has 0 aliphatic carbocycles. The van der Waals surface area contributed by atoms with Crippen molar-refractivity contribution in [3.05, 3.63) is 33.8 Å². The van der Waals surface area contributed by atoms with Crippen molar-refractivity contribution in [3.8, 4) is 0 Å². The zero-order valence-corrected chi connectivity index (χ0v) is 15.0. The Morgan fingerprint density at radius 2 is 2.09 bits per heavy atom. The van der Waals surface area contributed by atoms with Crippen LogP contribution in [0.15, 0.2) is 18.2 Å². The molecule has 0 radical (unpaired) electrons. The van der Waals surface area contributed by atoms with Crippen molar-refractivity contribution in [2.75, 3.05) is 25.4 Å². The van der Waals surface area contributed by atoms with Crippen molar-refractivity contribution < 1.29 is 8.42 Å². The van der Waals surface area contributed by atoms with E-state index >= 15 is 0 Å². The van der Waals surface area contributed by atoms with E-state index in [-0.39, 0.29) is 11.2 Å². The molecule has 1 unspecified atom stereocenters. The lowest BCUT2D eigenvalue weighted by Crippen LogP contribution is -2.45. The Kier molecular flexibility index (Phi) is 6.14. The minimum Gasteiger partial charge on any atom is -0.316 e. The van der Waals surface area contributed by atoms with Crippen molar-refractivity contribution in [3.63, 3.8) is 0 Å². The lowest BCUT2D eigenvalue weighted by molar-refractivity contribution is 0.294. The molecule has 22 heavy (non-hydrogen) atoms. The van der Waals surface area contributed by atoms with Gasteiger partial charge in [0.1, 0.15) is 0 Å². The molecular weight excluding hydrogens is 343 g/mol. The number of piperidine rings is 1. The van der Waals surface area contributed by atoms with Gasteiger partial charge in [-0.15, -0.1) is 0 Å². The fraction of sp³-hybridized carbons (Fsp3) is 0.600. The SMILES string of the molecule is CCS(=O)(=O)NCCC1(c2ccc(Cl)c(Cl)c2)CCCNC1. The third-order valence-corrected chi connectivity index (χ3v) is 6.45. The highest BCUT2D eigenvalue weighted by molar-refractivity contribution is 7.89. The van der Waals surface area contributed by atoms with Gasteiger partial charge < -0.3 is 5.32 Å². The van der Waals surface area contributed by atoms with Gasteiger partial charge in [0.2, 0.25) is 10.0 Å². The molecule has 0 spiro atoms. The monoisotopic (exact) mass is 364 g/mol. The molecule has 4 nitrogen and oxygen atoms in total. The Bertz CT molecular complexity index is 614. The van der Waals surface area contributed by atoms with Crippen LogP contribution >= 0.6 is 23.2 Å². The fourth-order valence-corrected chi connectivity index (χ4v) is 3.86. The summed E-state index contributed by atoms with van der Waals surface area (Å²) in [7, 11) is -3.16. The lowest BCUT2D eigenvalue weighted by Gasteiger charge is -2.38. The third kappa shape index (κ3) is 4.36. The van der Waals surface area contributed by atoms with Crippen LogP contribution in [0, 0.1) is 0 Å². The first kappa shape index (κ1) is 18.0. The van der Waals surface area contributed by atoms with Crippen LogP contribution in [0.4, 0.5) is 0 Å². The first-order valence-corrected chi connectivity index (χ1v) is 9.93. The molecule has 1 aliphatic rings. The standard InChI is InChI=1S/C15H22Cl2N2O2S/c1-2-22(20,21)19-9-7-15(6-3-8-18-11-15)12-4-5-13(16)14(17)10-12/h4-5,10,18-19H,2-3,6-9,11H2,1H3. The Morgan fingerprint density at radius 3 is 2.68 bits per heavy atom. The van der Waals surface area contributed by atoms with E-state index in [2.05, 4.69) is 10.0 Å². The van der Waals surface area contributed by atoms with E-state index in [0.29, 0.717) is 16.6 Å². The summed E-state index contributed by atoms with van der Waals surface area (Å²) >= 11 is 12.2. The molecule has 2 N–H and O–H groups in total. The summed E-state index contributed by atoms with van der Waals surface area (Å²) in [6.45, 7) is 3.87. The van der Waals surface area contributed by atoms with Crippen LogP contribution in [0.1, 0.15) is 31.7 Å². The number of halogens is 2. The van der Waals surface area contributed by atoms with Gasteiger partial charge in [-0.3, -0.25) is 0 Å². The minimum atomic E-state index is -3.16. The second-order valence-electron chi connectivity index (χ2n) is 5.74. The van der Waals surface area contributed by atoms with Crippen LogP contribution in [0.3, 0.4) is 0 Å². The van der Waals surface area contributed by atoms with E-state index in [9.17, 15) is 8.42 Å². The molecule has 1 fully saturated rings. The summed E-state index contributed by atoms with van der Waals surface area (Å²) in [4.78, 5) is 0. The van der Waals surface area contributed by atoms with Gasteiger partial charge in [0.15, 0.2) is 0 Å². The topological polar surface area (TPSA) is 58.2 Å². The van der Waals surface area contributed by atoms with Crippen molar-refractivity contribution in [2.45, 2.75) is 31.6 Å². The van der Waals surface area contributed by atoms with Crippen molar-refractivity contribution in [1.82, 2.24) is 10.0 Å². The molecule has 0 aromatic heterocycles. The first-order chi connectivity index (χ1) is 10.4. The normalized spacial score (nSPS) is 22.7. The summed E-state index contributed by atoms with van der Waals surface area (Å²) in [6, 6.07) is 5.71. The van der Waals surface area contributed by atoms with E-state index in [0.717, 1.165) is 37.9 Å². The Hall–Kier alpha value is -0.330. The Balaban J connectivity index is 2.18. The number of benzene rings is 1. The summed E-state index contributed by atoms with van der Waals surface area (Å²) in [5.74, 6) is 0.102. The number of hydrogen-bond acceptors (Lipinski definition) is 3. The van der Waals surface area contributed by atoms with Crippen LogP contribution in [0.2, 0.25) is 10.0 Å². The smallest absolute Gasteiger partial charge is 0.211 e. The highest BCUT2D eigenvalue weighted by Crippen LogP contribution is 2.37. The molecule has 1 aliphatic heterocycles. The van der Waals surface area contributed by atoms with Crippen LogP contribution in [-0.2, 0) is 15.4 Å². The summed E-state index contributed by atoms with van der Waals surface area (Å²) in [6.07, 6.45) is 2.80. The highest BCUT2D eigenvalue weighted by atomic mass is 35.5. The number of rotatable bonds is 6. The maximum atomic E-state index is 11.6. The predicted octanol–water partition coefficient (Wildman–Crippen LogP) is 2.94. The molecule has 1 aromatic rings. The van der Waals surface area contributed by atoms with Gasteiger partial charge in [-0.05, 0) is 50.4 Å². The Labute approximate surface area is 142 Å². The fourth-order valence-electron chi connectivity index (χ4n) is 2.95. The second-order valence-corrected chi connectivity index (χ2v) is 8.65. The van der Waals surface area contributed by atoms with Crippen molar-refractivity contribution in [2.24, 2.45) is 0 Å². The maximum Gasteiger partial charge on any atom is 0.211 e. The summed E-state index contributed by atoms with van der Waals surface area (Å²) in [5, 5.41) is 4.49. The molecule has 1 heterocycles. The molecule has 0 saturated carbocycles. The van der Waals surface area contributed by atoms with Crippen LogP contribution < -0.4 is 10.0 Å². The largest absolute Gasteiger partial charge is 0.316 e. The highest BCUT2D eigenvalue weighted by Gasteiger charge is 2.34. The van der Waals surface area contributed by atoms with Gasteiger partial charge in [0.25, 0.3) is 0 Å². The van der Waals surface area contributed by atoms with Crippen LogP contribution in [0.25, 0.3) is 0 Å². The molecule has 0 bridgehead atoms. The zero-order valence-electron chi connectivity index (χ0n) is 12.7. The molecule has 7 heteroatoms. The van der Waals surface area contributed by atoms with Crippen molar-refractivity contribution in [1.29, 1.82) is 0 Å². The average Bonchev–Trinajstić information content (AvgIpc) is 2.51. The van der Waals surface area contributed by atoms with E-state index in [4.69, 9.17) is 23.2 Å². The van der Waals surface area contributed by atoms with E-state index in [1.54, 1.807) is 6.92 Å². The molecule has 1 aromatic carbocycles. The molecular formula is C15H22Cl2N2O2S. The quantitative estimate of drug-likeness (QED) is 0.815. The van der Waals surface area contributed by atoms with Gasteiger partial charge in [-0.25, -0.2) is 13.1 Å². The number of hydrogen-bond donors (Lipinski definition) is 2.